The number of carbonyl (C=O) groups is 6. The number of thiazole rings is 1. The van der Waals surface area contributed by atoms with Gasteiger partial charge in [-0.3, -0.25) is 44.6 Å². The zero-order valence-electron chi connectivity index (χ0n) is 34.7. The number of nitrogen functional groups attached to an aromatic ring is 1. The second-order valence-corrected chi connectivity index (χ2v) is 18.1. The van der Waals surface area contributed by atoms with E-state index in [-0.39, 0.29) is 52.2 Å². The summed E-state index contributed by atoms with van der Waals surface area (Å²) in [4.78, 5) is 104. The molecule has 346 valence electrons. The smallest absolute Gasteiger partial charge is 0.352 e. The van der Waals surface area contributed by atoms with Crippen molar-refractivity contribution in [2.75, 3.05) is 49.1 Å². The van der Waals surface area contributed by atoms with Crippen LogP contribution in [0.5, 0.6) is 11.5 Å². The van der Waals surface area contributed by atoms with Gasteiger partial charge in [0.05, 0.1) is 16.9 Å². The van der Waals surface area contributed by atoms with Crippen molar-refractivity contribution in [1.82, 2.24) is 35.5 Å². The van der Waals surface area contributed by atoms with Crippen LogP contribution in [-0.4, -0.2) is 137 Å². The molecule has 1 saturated carbocycles. The lowest BCUT2D eigenvalue weighted by Gasteiger charge is -2.49. The Kier molecular flexibility index (Phi) is 12.3. The van der Waals surface area contributed by atoms with E-state index < -0.39 is 80.9 Å². The number of β-lactam (4-membered cyclic amide) rings is 1. The number of rotatable bonds is 14. The van der Waals surface area contributed by atoms with Gasteiger partial charge in [0.1, 0.15) is 34.7 Å². The largest absolute Gasteiger partial charge is 0.504 e. The van der Waals surface area contributed by atoms with Crippen molar-refractivity contribution in [2.24, 2.45) is 5.16 Å². The Bertz CT molecular complexity index is 2820. The number of carboxylic acids is 2. The van der Waals surface area contributed by atoms with E-state index in [1.54, 1.807) is 16.0 Å². The van der Waals surface area contributed by atoms with Crippen LogP contribution in [0.3, 0.4) is 0 Å². The first kappa shape index (κ1) is 45.3. The molecule has 0 radical (unpaired) electrons. The second kappa shape index (κ2) is 18.0. The molecule has 4 amide bonds. The van der Waals surface area contributed by atoms with Gasteiger partial charge in [-0.1, -0.05) is 5.16 Å². The number of fused-ring (bicyclic) bond motifs is 2. The van der Waals surface area contributed by atoms with Gasteiger partial charge in [0.15, 0.2) is 16.6 Å². The predicted octanol–water partition coefficient (Wildman–Crippen LogP) is 0.949. The van der Waals surface area contributed by atoms with Crippen molar-refractivity contribution in [1.29, 1.82) is 0 Å². The number of pyridine rings is 1. The van der Waals surface area contributed by atoms with Crippen LogP contribution >= 0.6 is 23.1 Å². The minimum Gasteiger partial charge on any atom is -0.504 e. The Morgan fingerprint density at radius 3 is 2.42 bits per heavy atom. The van der Waals surface area contributed by atoms with Gasteiger partial charge in [0.25, 0.3) is 23.6 Å². The normalized spacial score (nSPS) is 19.5. The van der Waals surface area contributed by atoms with Gasteiger partial charge in [0.2, 0.25) is 11.0 Å². The summed E-state index contributed by atoms with van der Waals surface area (Å²) in [7, 11) is 0. The molecule has 9 N–H and O–H groups in total. The Hall–Kier alpha value is -7.25. The van der Waals surface area contributed by atoms with Gasteiger partial charge in [-0.15, -0.1) is 23.1 Å². The van der Waals surface area contributed by atoms with E-state index in [2.05, 4.69) is 26.3 Å². The molecule has 1 aliphatic carbocycles. The molecular formula is C41H41FN10O12S2. The lowest BCUT2D eigenvalue weighted by molar-refractivity contribution is -0.150. The molecule has 2 aromatic carbocycles. The van der Waals surface area contributed by atoms with Crippen molar-refractivity contribution < 1.29 is 58.4 Å². The summed E-state index contributed by atoms with van der Waals surface area (Å²) < 4.78 is 17.3. The molecule has 3 aliphatic heterocycles. The number of hydrogen-bond acceptors (Lipinski definition) is 17. The number of phenols is 2. The maximum absolute atomic E-state index is 15.6. The number of aliphatic carboxylic acids is 1. The molecule has 2 aromatic heterocycles. The van der Waals surface area contributed by atoms with Crippen LogP contribution < -0.4 is 32.2 Å². The summed E-state index contributed by atoms with van der Waals surface area (Å²) in [6, 6.07) is 4.81. The summed E-state index contributed by atoms with van der Waals surface area (Å²) in [5, 5.41) is 46.3. The summed E-state index contributed by atoms with van der Waals surface area (Å²) in [5.41, 5.74) is 8.22. The van der Waals surface area contributed by atoms with Crippen LogP contribution in [0.15, 0.2) is 63.1 Å². The maximum atomic E-state index is 15.6. The number of aromatic carboxylic acids is 1. The van der Waals surface area contributed by atoms with Crippen LogP contribution in [0.25, 0.3) is 10.9 Å². The second-order valence-electron chi connectivity index (χ2n) is 16.1. The molecule has 25 heteroatoms. The number of nitrogens with zero attached hydrogens (tertiary/aromatic N) is 6. The lowest BCUT2D eigenvalue weighted by atomic mass is 10.00. The van der Waals surface area contributed by atoms with E-state index in [4.69, 9.17) is 10.6 Å². The van der Waals surface area contributed by atoms with Gasteiger partial charge >= 0.3 is 11.9 Å². The number of hydrogen-bond donors (Lipinski definition) is 8. The number of halogens is 1. The fourth-order valence-corrected chi connectivity index (χ4v) is 9.79. The van der Waals surface area contributed by atoms with E-state index in [9.17, 15) is 54.0 Å². The number of amides is 4. The number of nitrogens with one attached hydrogen (secondary N) is 3. The van der Waals surface area contributed by atoms with Crippen LogP contribution in [0.1, 0.15) is 52.2 Å². The van der Waals surface area contributed by atoms with Crippen molar-refractivity contribution in [3.05, 3.63) is 86.0 Å². The molecule has 22 nitrogen and oxygen atoms in total. The van der Waals surface area contributed by atoms with Gasteiger partial charge < -0.3 is 45.8 Å². The first-order chi connectivity index (χ1) is 31.4. The van der Waals surface area contributed by atoms with Crippen molar-refractivity contribution >= 4 is 86.6 Å². The van der Waals surface area contributed by atoms with Crippen molar-refractivity contribution in [3.63, 3.8) is 0 Å². The first-order valence-electron chi connectivity index (χ1n) is 20.3. The number of thioether (sulfide) groups is 1. The number of nitrogens with two attached hydrogens (primary N) is 1. The molecule has 3 atom stereocenters. The Morgan fingerprint density at radius 1 is 1.03 bits per heavy atom. The molecule has 4 aliphatic rings. The van der Waals surface area contributed by atoms with Gasteiger partial charge in [-0.25, -0.2) is 19.0 Å². The highest BCUT2D eigenvalue weighted by atomic mass is 32.2. The fourth-order valence-electron chi connectivity index (χ4n) is 7.90. The Morgan fingerprint density at radius 2 is 1.77 bits per heavy atom. The van der Waals surface area contributed by atoms with Crippen molar-refractivity contribution in [2.45, 2.75) is 49.2 Å². The number of benzene rings is 2. The number of oxime groups is 1. The fraction of sp³-hybridized carbons (Fsp3) is 0.341. The molecule has 3 fully saturated rings. The lowest BCUT2D eigenvalue weighted by Crippen LogP contribution is -2.70. The summed E-state index contributed by atoms with van der Waals surface area (Å²) in [6.07, 6.45) is 3.38. The number of carboxylic acid groups (broad SMARTS) is 2. The number of aromatic nitrogens is 2. The quantitative estimate of drug-likeness (QED) is 0.0378. The van der Waals surface area contributed by atoms with Crippen LogP contribution in [-0.2, 0) is 30.4 Å². The molecular weight excluding hydrogens is 908 g/mol. The van der Waals surface area contributed by atoms with Gasteiger partial charge in [-0.2, -0.15) is 0 Å². The van der Waals surface area contributed by atoms with E-state index in [1.807, 2.05) is 9.80 Å². The summed E-state index contributed by atoms with van der Waals surface area (Å²) >= 11 is 2.34. The number of piperazine rings is 1. The molecule has 4 aromatic rings. The molecule has 0 spiro atoms. The number of phenolic OH excluding ortho intramolecular Hbond substituents is 2. The average molecular weight is 949 g/mol. The molecule has 2 saturated heterocycles. The highest BCUT2D eigenvalue weighted by Crippen LogP contribution is 2.41. The average Bonchev–Trinajstić information content (AvgIpc) is 4.05. The highest BCUT2D eigenvalue weighted by Gasteiger charge is 2.54. The number of hydrazine groups is 1. The summed E-state index contributed by atoms with van der Waals surface area (Å²) in [6.45, 7) is 3.01. The highest BCUT2D eigenvalue weighted by molar-refractivity contribution is 8.00. The number of aromatic hydroxyl groups is 2. The topological polar surface area (TPSA) is 312 Å². The zero-order valence-corrected chi connectivity index (χ0v) is 36.4. The zero-order chi connectivity index (χ0) is 47.2. The van der Waals surface area contributed by atoms with Gasteiger partial charge in [-0.05, 0) is 55.7 Å². The van der Waals surface area contributed by atoms with Crippen molar-refractivity contribution in [3.8, 4) is 11.5 Å². The van der Waals surface area contributed by atoms with E-state index in [1.165, 1.54) is 30.9 Å². The third kappa shape index (κ3) is 9.03. The van der Waals surface area contributed by atoms with E-state index in [0.717, 1.165) is 47.3 Å². The SMILES string of the molecule is CC(Cc1csc(N)n1)(O/N=C\C(=O)N[C@@H]1C(=O)N2C(C(=O)O)=C(CN3CCN(c4cc5c(cc4F)c(=O)c(C(=O)O)cn5C4CC4)CC3)CS[C@H]12)C(=O)NNC(=O)c1ccc(O)c(O)c1. The minimum absolute atomic E-state index is 0.00974. The van der Waals surface area contributed by atoms with E-state index in [0.29, 0.717) is 49.2 Å². The molecule has 66 heavy (non-hydrogen) atoms. The number of carbonyl (C=O) groups excluding carboxylic acids is 4. The Balaban J connectivity index is 0.882. The first-order valence-corrected chi connectivity index (χ1v) is 22.2. The molecule has 1 unspecified atom stereocenters. The third-order valence-corrected chi connectivity index (χ3v) is 13.5. The third-order valence-electron chi connectivity index (χ3n) is 11.5. The van der Waals surface area contributed by atoms with Gasteiger partial charge in [0, 0.05) is 73.5 Å². The molecule has 0 bridgehead atoms. The molecule has 5 heterocycles. The minimum atomic E-state index is -1.90. The van der Waals surface area contributed by atoms with Crippen LogP contribution in [0, 0.1) is 5.82 Å². The van der Waals surface area contributed by atoms with Crippen LogP contribution in [0.4, 0.5) is 15.2 Å². The predicted molar refractivity (Wildman–Crippen MR) is 235 cm³/mol. The standard InChI is InChI=1S/C41H41FN10O12S2/c1-41(13-21-18-66-40(43)45-21,39(63)48-47-34(57)19-2-5-28(53)29(54)10-19)64-44-14-30(55)46-31-35(58)52-32(38(61)62)20(17-65-36(31)52)15-49-6-8-50(9-7-49)27-12-26-23(11-25(27)42)33(56)24(37(59)60)16-51(26)22-3-4-22/h2,5,10-12,14,16,18,22,31,36,53-54H,3-4,6-9,13,15,17H2,1H3,(H2,43,45)(H,46,55)(H,47,57)(H,48,63)(H,59,60)(H,61,62)/b44-14-/t31-,36-,41?/m1/s1. The maximum Gasteiger partial charge on any atom is 0.352 e. The number of anilines is 2. The van der Waals surface area contributed by atoms with Crippen LogP contribution in [0.2, 0.25) is 0 Å². The monoisotopic (exact) mass is 948 g/mol. The van der Waals surface area contributed by atoms with E-state index >= 15 is 4.39 Å². The summed E-state index contributed by atoms with van der Waals surface area (Å²) in [5.74, 6) is -7.55. The molecule has 8 rings (SSSR count). The Labute approximate surface area is 380 Å².